The molecule has 1 aromatic rings. The molecule has 0 radical (unpaired) electrons. The highest BCUT2D eigenvalue weighted by molar-refractivity contribution is 6.20. The first kappa shape index (κ1) is 13.4. The van der Waals surface area contributed by atoms with E-state index in [4.69, 9.17) is 0 Å². The van der Waals surface area contributed by atoms with Gasteiger partial charge in [0.25, 0.3) is 0 Å². The van der Waals surface area contributed by atoms with Crippen molar-refractivity contribution in [1.29, 1.82) is 0 Å². The van der Waals surface area contributed by atoms with Gasteiger partial charge in [-0.3, -0.25) is 9.59 Å². The highest BCUT2D eigenvalue weighted by atomic mass is 16.1. The van der Waals surface area contributed by atoms with Crippen LogP contribution in [-0.4, -0.2) is 12.1 Å². The summed E-state index contributed by atoms with van der Waals surface area (Å²) >= 11 is 0. The van der Waals surface area contributed by atoms with Gasteiger partial charge in [-0.1, -0.05) is 37.6 Å². The number of hydrogen-bond acceptors (Lipinski definition) is 2. The van der Waals surface area contributed by atoms with Crippen molar-refractivity contribution < 1.29 is 9.59 Å². The SMILES string of the molecule is CC/C(C)=C(\C=O)C(=O)c1cccc(CC)c1. The van der Waals surface area contributed by atoms with Crippen LogP contribution in [0.25, 0.3) is 0 Å². The van der Waals surface area contributed by atoms with Crippen molar-refractivity contribution in [1.82, 2.24) is 0 Å². The van der Waals surface area contributed by atoms with E-state index in [1.54, 1.807) is 6.07 Å². The fraction of sp³-hybridized carbons (Fsp3) is 0.333. The van der Waals surface area contributed by atoms with E-state index < -0.39 is 0 Å². The lowest BCUT2D eigenvalue weighted by atomic mass is 9.97. The van der Waals surface area contributed by atoms with E-state index in [-0.39, 0.29) is 5.78 Å². The van der Waals surface area contributed by atoms with E-state index >= 15 is 0 Å². The molecule has 0 saturated heterocycles. The normalized spacial score (nSPS) is 11.9. The van der Waals surface area contributed by atoms with Crippen molar-refractivity contribution in [2.24, 2.45) is 0 Å². The fourth-order valence-electron chi connectivity index (χ4n) is 1.63. The minimum atomic E-state index is -0.172. The number of rotatable bonds is 5. The Bertz CT molecular complexity index is 456. The van der Waals surface area contributed by atoms with Gasteiger partial charge in [0, 0.05) is 5.56 Å². The van der Waals surface area contributed by atoms with Gasteiger partial charge in [0.2, 0.25) is 0 Å². The maximum Gasteiger partial charge on any atom is 0.196 e. The molecular formula is C15H18O2. The van der Waals surface area contributed by atoms with E-state index in [9.17, 15) is 9.59 Å². The molecule has 0 heterocycles. The predicted octanol–water partition coefficient (Wildman–Crippen LogP) is 3.36. The third-order valence-electron chi connectivity index (χ3n) is 2.95. The molecule has 0 bridgehead atoms. The van der Waals surface area contributed by atoms with Crippen molar-refractivity contribution in [3.63, 3.8) is 0 Å². The number of ketones is 1. The first-order chi connectivity index (χ1) is 8.13. The van der Waals surface area contributed by atoms with Crippen LogP contribution in [0.4, 0.5) is 0 Å². The molecule has 2 nitrogen and oxygen atoms in total. The lowest BCUT2D eigenvalue weighted by Gasteiger charge is -2.05. The Hall–Kier alpha value is -1.70. The van der Waals surface area contributed by atoms with Crippen LogP contribution in [0.15, 0.2) is 35.4 Å². The standard InChI is InChI=1S/C15H18O2/c1-4-11(3)14(10-16)15(17)13-8-6-7-12(5-2)9-13/h6-10H,4-5H2,1-3H3/b14-11+. The molecule has 2 heteroatoms. The second kappa shape index (κ2) is 6.14. The zero-order valence-electron chi connectivity index (χ0n) is 10.6. The van der Waals surface area contributed by atoms with Gasteiger partial charge in [0.1, 0.15) is 0 Å². The van der Waals surface area contributed by atoms with Crippen LogP contribution in [0, 0.1) is 0 Å². The van der Waals surface area contributed by atoms with Gasteiger partial charge in [-0.05, 0) is 31.4 Å². The quantitative estimate of drug-likeness (QED) is 0.255. The topological polar surface area (TPSA) is 34.1 Å². The molecule has 0 N–H and O–H groups in total. The van der Waals surface area contributed by atoms with E-state index in [0.29, 0.717) is 23.8 Å². The molecule has 0 spiro atoms. The Morgan fingerprint density at radius 1 is 1.29 bits per heavy atom. The number of aryl methyl sites for hydroxylation is 1. The summed E-state index contributed by atoms with van der Waals surface area (Å²) in [7, 11) is 0. The summed E-state index contributed by atoms with van der Waals surface area (Å²) in [4.78, 5) is 23.2. The first-order valence-corrected chi connectivity index (χ1v) is 5.92. The summed E-state index contributed by atoms with van der Waals surface area (Å²) < 4.78 is 0. The summed E-state index contributed by atoms with van der Waals surface area (Å²) in [6, 6.07) is 7.45. The van der Waals surface area contributed by atoms with Crippen molar-refractivity contribution >= 4 is 12.1 Å². The lowest BCUT2D eigenvalue weighted by Crippen LogP contribution is -2.07. The number of benzene rings is 1. The molecule has 1 aromatic carbocycles. The van der Waals surface area contributed by atoms with E-state index in [1.807, 2.05) is 39.0 Å². The number of carbonyl (C=O) groups is 2. The van der Waals surface area contributed by atoms with Crippen molar-refractivity contribution in [3.8, 4) is 0 Å². The molecule has 17 heavy (non-hydrogen) atoms. The minimum Gasteiger partial charge on any atom is -0.298 e. The van der Waals surface area contributed by atoms with Gasteiger partial charge >= 0.3 is 0 Å². The van der Waals surface area contributed by atoms with Crippen LogP contribution in [0.5, 0.6) is 0 Å². The molecule has 0 saturated carbocycles. The molecule has 0 aromatic heterocycles. The molecule has 0 aliphatic heterocycles. The Labute approximate surface area is 102 Å². The average Bonchev–Trinajstić information content (AvgIpc) is 2.39. The van der Waals surface area contributed by atoms with E-state index in [1.165, 1.54) is 0 Å². The van der Waals surface area contributed by atoms with Crippen LogP contribution in [0.2, 0.25) is 0 Å². The van der Waals surface area contributed by atoms with Gasteiger partial charge in [-0.15, -0.1) is 0 Å². The molecule has 0 atom stereocenters. The summed E-state index contributed by atoms with van der Waals surface area (Å²) in [6.07, 6.45) is 2.26. The summed E-state index contributed by atoms with van der Waals surface area (Å²) in [5, 5.41) is 0. The molecule has 90 valence electrons. The number of Topliss-reactive ketones (excluding diaryl/α,β-unsaturated/α-hetero) is 1. The van der Waals surface area contributed by atoms with Crippen LogP contribution in [0.3, 0.4) is 0 Å². The molecule has 1 rings (SSSR count). The van der Waals surface area contributed by atoms with Crippen LogP contribution in [-0.2, 0) is 11.2 Å². The van der Waals surface area contributed by atoms with Crippen LogP contribution < -0.4 is 0 Å². The van der Waals surface area contributed by atoms with Gasteiger partial charge in [-0.2, -0.15) is 0 Å². The fourth-order valence-corrected chi connectivity index (χ4v) is 1.63. The summed E-state index contributed by atoms with van der Waals surface area (Å²) in [5.41, 5.74) is 2.84. The first-order valence-electron chi connectivity index (χ1n) is 5.92. The third-order valence-corrected chi connectivity index (χ3v) is 2.95. The van der Waals surface area contributed by atoms with Gasteiger partial charge in [0.15, 0.2) is 12.1 Å². The predicted molar refractivity (Wildman–Crippen MR) is 69.2 cm³/mol. The zero-order chi connectivity index (χ0) is 12.8. The Morgan fingerprint density at radius 3 is 2.53 bits per heavy atom. The second-order valence-corrected chi connectivity index (χ2v) is 4.05. The number of carbonyl (C=O) groups excluding carboxylic acids is 2. The van der Waals surface area contributed by atoms with Crippen LogP contribution in [0.1, 0.15) is 43.1 Å². The molecule has 0 aliphatic rings. The highest BCUT2D eigenvalue weighted by Gasteiger charge is 2.13. The maximum absolute atomic E-state index is 12.2. The number of hydrogen-bond donors (Lipinski definition) is 0. The lowest BCUT2D eigenvalue weighted by molar-refractivity contribution is -0.104. The van der Waals surface area contributed by atoms with Crippen molar-refractivity contribution in [2.75, 3.05) is 0 Å². The number of aldehydes is 1. The minimum absolute atomic E-state index is 0.172. The van der Waals surface area contributed by atoms with Crippen molar-refractivity contribution in [2.45, 2.75) is 33.6 Å². The number of allylic oxidation sites excluding steroid dienone is 2. The van der Waals surface area contributed by atoms with Gasteiger partial charge in [0.05, 0.1) is 5.57 Å². The molecule has 0 amide bonds. The highest BCUT2D eigenvalue weighted by Crippen LogP contribution is 2.14. The third kappa shape index (κ3) is 3.13. The van der Waals surface area contributed by atoms with Crippen LogP contribution >= 0.6 is 0 Å². The molecular weight excluding hydrogens is 212 g/mol. The summed E-state index contributed by atoms with van der Waals surface area (Å²) in [5.74, 6) is -0.172. The van der Waals surface area contributed by atoms with E-state index in [2.05, 4.69) is 0 Å². The largest absolute Gasteiger partial charge is 0.298 e. The average molecular weight is 230 g/mol. The Balaban J connectivity index is 3.15. The molecule has 0 fully saturated rings. The molecule has 0 aliphatic carbocycles. The monoisotopic (exact) mass is 230 g/mol. The second-order valence-electron chi connectivity index (χ2n) is 4.05. The van der Waals surface area contributed by atoms with Gasteiger partial charge < -0.3 is 0 Å². The Morgan fingerprint density at radius 2 is 2.00 bits per heavy atom. The summed E-state index contributed by atoms with van der Waals surface area (Å²) in [6.45, 7) is 5.80. The zero-order valence-corrected chi connectivity index (χ0v) is 10.6. The van der Waals surface area contributed by atoms with Gasteiger partial charge in [-0.25, -0.2) is 0 Å². The van der Waals surface area contributed by atoms with Crippen molar-refractivity contribution in [3.05, 3.63) is 46.5 Å². The van der Waals surface area contributed by atoms with E-state index in [0.717, 1.165) is 17.6 Å². The molecule has 0 unspecified atom stereocenters. The smallest absolute Gasteiger partial charge is 0.196 e. The Kier molecular flexibility index (Phi) is 4.83. The maximum atomic E-state index is 12.2.